The third-order valence-corrected chi connectivity index (χ3v) is 7.60. The minimum Gasteiger partial charge on any atom is -0.324 e. The Balaban J connectivity index is 2.44. The number of hydrogen-bond acceptors (Lipinski definition) is 5. The van der Waals surface area contributed by atoms with Crippen LogP contribution in [0.4, 0.5) is 0 Å². The van der Waals surface area contributed by atoms with Crippen molar-refractivity contribution in [2.45, 2.75) is 25.7 Å². The molecule has 0 aliphatic carbocycles. The maximum absolute atomic E-state index is 5.32. The molecule has 1 aliphatic heterocycles. The van der Waals surface area contributed by atoms with Gasteiger partial charge in [0.1, 0.15) is 0 Å². The molecule has 0 aromatic carbocycles. The van der Waals surface area contributed by atoms with E-state index in [-0.39, 0.29) is 0 Å². The summed E-state index contributed by atoms with van der Waals surface area (Å²) in [5.41, 5.74) is -2.09. The second-order valence-electron chi connectivity index (χ2n) is 3.24. The minimum absolute atomic E-state index is 1.11. The Labute approximate surface area is 95.6 Å². The zero-order valence-electron chi connectivity index (χ0n) is 8.77. The molecular formula is C8H18NO2PS2. The van der Waals surface area contributed by atoms with Crippen molar-refractivity contribution >= 4 is 29.1 Å². The Morgan fingerprint density at radius 3 is 2.00 bits per heavy atom. The van der Waals surface area contributed by atoms with Crippen molar-refractivity contribution < 1.29 is 9.05 Å². The highest BCUT2D eigenvalue weighted by Crippen LogP contribution is 2.61. The molecule has 0 N–H and O–H groups in total. The zero-order chi connectivity index (χ0) is 10.4. The molecule has 0 spiro atoms. The first-order valence-corrected chi connectivity index (χ1v) is 8.88. The highest BCUT2D eigenvalue weighted by molar-refractivity contribution is 8.67. The van der Waals surface area contributed by atoms with Crippen LogP contribution in [0.5, 0.6) is 0 Å². The fraction of sp³-hybridized carbons (Fsp3) is 1.00. The van der Waals surface area contributed by atoms with Gasteiger partial charge in [-0.2, -0.15) is 0 Å². The zero-order valence-corrected chi connectivity index (χ0v) is 11.3. The van der Waals surface area contributed by atoms with Gasteiger partial charge in [-0.25, -0.2) is 4.31 Å². The van der Waals surface area contributed by atoms with E-state index < -0.39 is 5.69 Å². The summed E-state index contributed by atoms with van der Waals surface area (Å²) in [7, 11) is 3.27. The summed E-state index contributed by atoms with van der Waals surface area (Å²) >= 11 is 6.91. The summed E-state index contributed by atoms with van der Waals surface area (Å²) < 4.78 is 12.8. The van der Waals surface area contributed by atoms with Crippen molar-refractivity contribution in [1.82, 2.24) is 4.31 Å². The van der Waals surface area contributed by atoms with E-state index >= 15 is 0 Å². The van der Waals surface area contributed by atoms with Gasteiger partial charge in [0, 0.05) is 38.9 Å². The Hall–Kier alpha value is 0.880. The maximum Gasteiger partial charge on any atom is 0.261 e. The summed E-state index contributed by atoms with van der Waals surface area (Å²) in [5.74, 6) is 0. The first-order chi connectivity index (χ1) is 6.70. The second-order valence-corrected chi connectivity index (χ2v) is 9.61. The lowest BCUT2D eigenvalue weighted by Gasteiger charge is -2.24. The fourth-order valence-electron chi connectivity index (χ4n) is 1.41. The summed E-state index contributed by atoms with van der Waals surface area (Å²) in [4.78, 5) is 0. The van der Waals surface area contributed by atoms with E-state index in [4.69, 9.17) is 20.9 Å². The number of nitrogens with zero attached hydrogens (tertiary/aromatic N) is 1. The van der Waals surface area contributed by atoms with E-state index in [1.54, 1.807) is 25.8 Å². The van der Waals surface area contributed by atoms with Gasteiger partial charge >= 0.3 is 0 Å². The molecule has 3 nitrogen and oxygen atoms in total. The third-order valence-electron chi connectivity index (χ3n) is 2.23. The molecule has 0 aromatic heterocycles. The Morgan fingerprint density at radius 2 is 1.57 bits per heavy atom. The van der Waals surface area contributed by atoms with Gasteiger partial charge in [-0.15, -0.1) is 0 Å². The van der Waals surface area contributed by atoms with Crippen LogP contribution in [0.1, 0.15) is 25.7 Å². The minimum atomic E-state index is -2.09. The molecule has 0 atom stereocenters. The van der Waals surface area contributed by atoms with E-state index in [2.05, 4.69) is 4.31 Å². The van der Waals surface area contributed by atoms with Crippen molar-refractivity contribution in [2.24, 2.45) is 0 Å². The van der Waals surface area contributed by atoms with E-state index in [1.807, 2.05) is 0 Å². The monoisotopic (exact) mass is 255 g/mol. The lowest BCUT2D eigenvalue weighted by Crippen LogP contribution is -2.16. The van der Waals surface area contributed by atoms with Crippen molar-refractivity contribution in [3.05, 3.63) is 0 Å². The predicted octanol–water partition coefficient (Wildman–Crippen LogP) is 3.03. The van der Waals surface area contributed by atoms with Gasteiger partial charge in [0.05, 0.1) is 0 Å². The molecule has 0 amide bonds. The van der Waals surface area contributed by atoms with E-state index in [1.165, 1.54) is 25.7 Å². The van der Waals surface area contributed by atoms with Crippen LogP contribution in [0.2, 0.25) is 0 Å². The first-order valence-electron chi connectivity index (χ1n) is 4.86. The lowest BCUT2D eigenvalue weighted by molar-refractivity contribution is 0.351. The Morgan fingerprint density at radius 1 is 1.07 bits per heavy atom. The summed E-state index contributed by atoms with van der Waals surface area (Å²) in [6.45, 7) is 2.21. The van der Waals surface area contributed by atoms with Gasteiger partial charge in [-0.05, 0) is 24.6 Å². The van der Waals surface area contributed by atoms with Gasteiger partial charge < -0.3 is 9.05 Å². The smallest absolute Gasteiger partial charge is 0.261 e. The van der Waals surface area contributed by atoms with Gasteiger partial charge in [0.25, 0.3) is 5.69 Å². The average molecular weight is 255 g/mol. The molecule has 84 valence electrons. The van der Waals surface area contributed by atoms with Crippen molar-refractivity contribution in [1.29, 1.82) is 0 Å². The second kappa shape index (κ2) is 6.46. The highest BCUT2D eigenvalue weighted by Gasteiger charge is 2.22. The quantitative estimate of drug-likeness (QED) is 0.567. The molecule has 14 heavy (non-hydrogen) atoms. The summed E-state index contributed by atoms with van der Waals surface area (Å²) in [6, 6.07) is 0. The van der Waals surface area contributed by atoms with Crippen molar-refractivity contribution in [3.8, 4) is 0 Å². The standard InChI is InChI=1S/C8H18NO2PS2/c1-10-12(13,11-2)14-9-7-5-3-4-6-8-9/h3-8H2,1-2H3. The van der Waals surface area contributed by atoms with Crippen LogP contribution in [-0.4, -0.2) is 31.6 Å². The van der Waals surface area contributed by atoms with Crippen LogP contribution in [-0.2, 0) is 20.9 Å². The van der Waals surface area contributed by atoms with Gasteiger partial charge in [-0.1, -0.05) is 12.8 Å². The lowest BCUT2D eigenvalue weighted by atomic mass is 10.2. The van der Waals surface area contributed by atoms with Crippen LogP contribution >= 0.6 is 17.3 Å². The van der Waals surface area contributed by atoms with Gasteiger partial charge in [0.2, 0.25) is 0 Å². The van der Waals surface area contributed by atoms with Crippen LogP contribution in [0.25, 0.3) is 0 Å². The van der Waals surface area contributed by atoms with Crippen LogP contribution in [0, 0.1) is 0 Å². The van der Waals surface area contributed by atoms with Crippen LogP contribution < -0.4 is 0 Å². The molecule has 0 unspecified atom stereocenters. The molecule has 1 rings (SSSR count). The highest BCUT2D eigenvalue weighted by atomic mass is 32.9. The largest absolute Gasteiger partial charge is 0.324 e. The Kier molecular flexibility index (Phi) is 5.97. The molecule has 1 fully saturated rings. The van der Waals surface area contributed by atoms with Gasteiger partial charge in [0.15, 0.2) is 0 Å². The molecule has 0 radical (unpaired) electrons. The summed E-state index contributed by atoms with van der Waals surface area (Å²) in [6.07, 6.45) is 5.19. The van der Waals surface area contributed by atoms with Gasteiger partial charge in [-0.3, -0.25) is 0 Å². The van der Waals surface area contributed by atoms with Crippen molar-refractivity contribution in [2.75, 3.05) is 27.3 Å². The molecule has 1 aliphatic rings. The normalized spacial score (nSPS) is 20.7. The van der Waals surface area contributed by atoms with E-state index in [0.29, 0.717) is 0 Å². The van der Waals surface area contributed by atoms with Crippen LogP contribution in [0.3, 0.4) is 0 Å². The SMILES string of the molecule is COP(=S)(OC)SN1CCCCCC1. The van der Waals surface area contributed by atoms with E-state index in [0.717, 1.165) is 13.1 Å². The molecule has 6 heteroatoms. The number of rotatable bonds is 4. The van der Waals surface area contributed by atoms with E-state index in [9.17, 15) is 0 Å². The number of hydrogen-bond donors (Lipinski definition) is 0. The molecule has 0 bridgehead atoms. The molecule has 0 aromatic rings. The fourth-order valence-corrected chi connectivity index (χ4v) is 4.98. The van der Waals surface area contributed by atoms with Crippen LogP contribution in [0.15, 0.2) is 0 Å². The Bertz CT molecular complexity index is 200. The molecule has 1 saturated heterocycles. The topological polar surface area (TPSA) is 21.7 Å². The predicted molar refractivity (Wildman–Crippen MR) is 65.9 cm³/mol. The molecule has 0 saturated carbocycles. The average Bonchev–Trinajstić information content (AvgIpc) is 2.46. The molecular weight excluding hydrogens is 237 g/mol. The molecule has 1 heterocycles. The summed E-state index contributed by atoms with van der Waals surface area (Å²) in [5, 5.41) is 0. The first kappa shape index (κ1) is 12.9. The maximum atomic E-state index is 5.32. The van der Waals surface area contributed by atoms with Crippen molar-refractivity contribution in [3.63, 3.8) is 0 Å². The third kappa shape index (κ3) is 4.17.